The third-order valence-electron chi connectivity index (χ3n) is 5.50. The van der Waals surface area contributed by atoms with Gasteiger partial charge in [-0.1, -0.05) is 0 Å². The minimum Gasteiger partial charge on any atom is -0.756 e. The van der Waals surface area contributed by atoms with Crippen LogP contribution in [0.3, 0.4) is 0 Å². The molecule has 3 rings (SSSR count). The normalized spacial score (nSPS) is 36.8. The van der Waals surface area contributed by atoms with Crippen molar-refractivity contribution in [2.24, 2.45) is 0 Å². The van der Waals surface area contributed by atoms with E-state index < -0.39 is 94.6 Å². The van der Waals surface area contributed by atoms with Crippen LogP contribution < -0.4 is 26.4 Å². The highest BCUT2D eigenvalue weighted by atomic mass is 31.3. The van der Waals surface area contributed by atoms with Gasteiger partial charge < -0.3 is 49.5 Å². The molecule has 21 heteroatoms. The summed E-state index contributed by atoms with van der Waals surface area (Å²) in [4.78, 5) is 60.8. The summed E-state index contributed by atoms with van der Waals surface area (Å²) in [6.45, 7) is 1.15. The maximum atomic E-state index is 12.3. The van der Waals surface area contributed by atoms with Gasteiger partial charge in [0.15, 0.2) is 12.5 Å². The van der Waals surface area contributed by atoms with Gasteiger partial charge in [0, 0.05) is 19.2 Å². The van der Waals surface area contributed by atoms with Gasteiger partial charge in [0.05, 0.1) is 12.7 Å². The number of nitrogens with one attached hydrogen (secondary N) is 2. The number of ether oxygens (including phenoxy) is 2. The van der Waals surface area contributed by atoms with E-state index >= 15 is 0 Å². The van der Waals surface area contributed by atoms with E-state index in [0.29, 0.717) is 4.57 Å². The minimum atomic E-state index is -5.85. The average Bonchev–Trinajstić information content (AvgIpc) is 3.06. The Morgan fingerprint density at radius 3 is 2.37 bits per heavy atom. The van der Waals surface area contributed by atoms with E-state index in [9.17, 15) is 53.7 Å². The van der Waals surface area contributed by atoms with Crippen molar-refractivity contribution < 1.29 is 67.0 Å². The van der Waals surface area contributed by atoms with E-state index in [4.69, 9.17) is 9.47 Å². The first-order chi connectivity index (χ1) is 17.5. The molecule has 2 aliphatic heterocycles. The molecule has 3 heterocycles. The number of carbonyl (C=O) groups excluding carboxylic acids is 1. The summed E-state index contributed by atoms with van der Waals surface area (Å²) in [5, 5.41) is 42.5. The zero-order valence-electron chi connectivity index (χ0n) is 19.6. The molecule has 1 aromatic rings. The molecule has 6 N–H and O–H groups in total. The first-order valence-corrected chi connectivity index (χ1v) is 13.7. The minimum absolute atomic E-state index is 0.713. The molecule has 0 aromatic carbocycles. The second-order valence-corrected chi connectivity index (χ2v) is 11.3. The maximum Gasteiger partial charge on any atom is 0.330 e. The lowest BCUT2D eigenvalue weighted by Crippen LogP contribution is -2.63. The lowest BCUT2D eigenvalue weighted by atomic mass is 9.98. The zero-order valence-corrected chi connectivity index (χ0v) is 21.4. The fourth-order valence-corrected chi connectivity index (χ4v) is 5.78. The van der Waals surface area contributed by atoms with E-state index in [0.717, 1.165) is 19.2 Å². The number of hydrogen-bond donors (Lipinski definition) is 6. The van der Waals surface area contributed by atoms with Crippen molar-refractivity contribution in [2.45, 2.75) is 69.0 Å². The topological polar surface area (TPSA) is 291 Å². The number of H-pyrrole nitrogens is 1. The summed E-state index contributed by atoms with van der Waals surface area (Å²) in [6.07, 6.45) is -12.4. The lowest BCUT2D eigenvalue weighted by Gasteiger charge is -2.43. The van der Waals surface area contributed by atoms with Crippen LogP contribution in [-0.4, -0.2) is 91.4 Å². The van der Waals surface area contributed by atoms with E-state index in [1.54, 1.807) is 0 Å². The molecule has 1 aromatic heterocycles. The van der Waals surface area contributed by atoms with Gasteiger partial charge in [-0.15, -0.1) is 0 Å². The van der Waals surface area contributed by atoms with Crippen molar-refractivity contribution >= 4 is 21.6 Å². The predicted octanol–water partition coefficient (Wildman–Crippen LogP) is -4.89. The number of carbonyl (C=O) groups is 1. The number of nitrogens with zero attached hydrogens (tertiary/aromatic N) is 1. The van der Waals surface area contributed by atoms with Gasteiger partial charge >= 0.3 is 5.69 Å². The highest BCUT2D eigenvalue weighted by Crippen LogP contribution is 2.57. The number of amides is 1. The van der Waals surface area contributed by atoms with E-state index in [2.05, 4.69) is 18.7 Å². The molecule has 19 nitrogen and oxygen atoms in total. The Hall–Kier alpha value is -1.83. The smallest absolute Gasteiger partial charge is 0.330 e. The van der Waals surface area contributed by atoms with Crippen molar-refractivity contribution in [1.82, 2.24) is 14.9 Å². The van der Waals surface area contributed by atoms with Crippen molar-refractivity contribution in [3.05, 3.63) is 33.1 Å². The third kappa shape index (κ3) is 7.22. The molecule has 38 heavy (non-hydrogen) atoms. The van der Waals surface area contributed by atoms with E-state index in [-0.39, 0.29) is 0 Å². The molecule has 216 valence electrons. The molecule has 1 amide bonds. The van der Waals surface area contributed by atoms with Gasteiger partial charge in [0.2, 0.25) is 5.91 Å². The average molecular weight is 589 g/mol. The quantitative estimate of drug-likeness (QED) is 0.147. The first kappa shape index (κ1) is 30.7. The summed E-state index contributed by atoms with van der Waals surface area (Å²) in [6, 6.07) is -0.722. The summed E-state index contributed by atoms with van der Waals surface area (Å²) in [5.41, 5.74) is -1.76. The van der Waals surface area contributed by atoms with E-state index in [1.165, 1.54) is 6.92 Å². The van der Waals surface area contributed by atoms with Crippen molar-refractivity contribution in [2.75, 3.05) is 6.61 Å². The summed E-state index contributed by atoms with van der Waals surface area (Å²) in [5.74, 6) is -0.771. The maximum absolute atomic E-state index is 12.3. The molecule has 2 saturated heterocycles. The summed E-state index contributed by atoms with van der Waals surface area (Å²) in [7, 11) is -11.6. The number of aromatic amines is 1. The molecular formula is C17H25N3O16P2-2. The van der Waals surface area contributed by atoms with Gasteiger partial charge in [-0.3, -0.25) is 32.8 Å². The zero-order chi connectivity index (χ0) is 28.6. The molecule has 0 aliphatic carbocycles. The van der Waals surface area contributed by atoms with Gasteiger partial charge in [0.1, 0.15) is 36.6 Å². The SMILES string of the molecule is CC(=O)N[C@H]1[C@@H](OP(=O)([O-])OP(=O)([O-])OC[C@H]2O[C@@H](n3ccc(=O)[nH]c3=O)[C@H](O)[C@@H]2O)O[C@H](C)[C@H](O)[C@@H]1O. The van der Waals surface area contributed by atoms with Crippen LogP contribution in [0.2, 0.25) is 0 Å². The molecule has 0 radical (unpaired) electrons. The molecule has 0 spiro atoms. The number of phosphoric ester groups is 2. The summed E-state index contributed by atoms with van der Waals surface area (Å²) < 4.78 is 48.4. The van der Waals surface area contributed by atoms with Crippen LogP contribution in [0.25, 0.3) is 0 Å². The highest BCUT2D eigenvalue weighted by Gasteiger charge is 2.47. The second-order valence-electron chi connectivity index (χ2n) is 8.36. The molecule has 2 unspecified atom stereocenters. The van der Waals surface area contributed by atoms with Gasteiger partial charge in [-0.05, 0) is 6.92 Å². The van der Waals surface area contributed by atoms with Crippen LogP contribution in [-0.2, 0) is 36.8 Å². The number of rotatable bonds is 9. The Balaban J connectivity index is 1.64. The number of phosphoric acid groups is 2. The molecule has 0 bridgehead atoms. The summed E-state index contributed by atoms with van der Waals surface area (Å²) >= 11 is 0. The fraction of sp³-hybridized carbons (Fsp3) is 0.706. The van der Waals surface area contributed by atoms with Crippen LogP contribution in [0.1, 0.15) is 20.1 Å². The fourth-order valence-electron chi connectivity index (χ4n) is 3.69. The van der Waals surface area contributed by atoms with Crippen LogP contribution >= 0.6 is 15.6 Å². The standard InChI is InChI=1S/C17H27N3O16P2/c1-6-11(23)13(25)10(18-7(2)21)16(33-6)35-38(30,31)36-37(28,29)32-5-8-12(24)14(26)15(34-8)20-4-3-9(22)19-17(20)27/h3-4,6,8,10-16,23-26H,5H2,1-2H3,(H,18,21)(H,28,29)(H,30,31)(H,19,22,27)/p-2/t6-,8-,10-,11+,12-,13-,14-,15-,16-/m1/s1. The van der Waals surface area contributed by atoms with Crippen molar-refractivity contribution in [1.29, 1.82) is 0 Å². The molecule has 0 saturated carbocycles. The Kier molecular flexibility index (Phi) is 9.48. The molecule has 11 atom stereocenters. The highest BCUT2D eigenvalue weighted by molar-refractivity contribution is 7.59. The van der Waals surface area contributed by atoms with Crippen molar-refractivity contribution in [3.63, 3.8) is 0 Å². The number of aliphatic hydroxyl groups excluding tert-OH is 4. The third-order valence-corrected chi connectivity index (χ3v) is 8.03. The van der Waals surface area contributed by atoms with Gasteiger partial charge in [-0.25, -0.2) is 9.11 Å². The lowest BCUT2D eigenvalue weighted by molar-refractivity contribution is -0.280. The Morgan fingerprint density at radius 1 is 1.11 bits per heavy atom. The van der Waals surface area contributed by atoms with Crippen LogP contribution in [0, 0.1) is 0 Å². The monoisotopic (exact) mass is 589 g/mol. The van der Waals surface area contributed by atoms with Crippen LogP contribution in [0.4, 0.5) is 0 Å². The Morgan fingerprint density at radius 2 is 1.76 bits per heavy atom. The van der Waals surface area contributed by atoms with Crippen LogP contribution in [0.15, 0.2) is 21.9 Å². The molecular weight excluding hydrogens is 564 g/mol. The molecule has 2 aliphatic rings. The van der Waals surface area contributed by atoms with Crippen molar-refractivity contribution in [3.8, 4) is 0 Å². The van der Waals surface area contributed by atoms with Crippen LogP contribution in [0.5, 0.6) is 0 Å². The van der Waals surface area contributed by atoms with Gasteiger partial charge in [-0.2, -0.15) is 0 Å². The largest absolute Gasteiger partial charge is 0.756 e. The number of hydrogen-bond acceptors (Lipinski definition) is 16. The van der Waals surface area contributed by atoms with E-state index in [1.807, 2.05) is 4.98 Å². The molecule has 2 fully saturated rings. The Bertz CT molecular complexity index is 1220. The van der Waals surface area contributed by atoms with Gasteiger partial charge in [0.25, 0.3) is 21.2 Å². The number of aliphatic hydroxyl groups is 4. The predicted molar refractivity (Wildman–Crippen MR) is 115 cm³/mol. The first-order valence-electron chi connectivity index (χ1n) is 10.8. The Labute approximate surface area is 212 Å². The second kappa shape index (κ2) is 11.7. The number of aromatic nitrogens is 2.